The number of thiophene rings is 1. The lowest BCUT2D eigenvalue weighted by atomic mass is 10.3. The Labute approximate surface area is 92.2 Å². The summed E-state index contributed by atoms with van der Waals surface area (Å²) < 4.78 is 2.96. The first-order chi connectivity index (χ1) is 6.81. The molecule has 4 heteroatoms. The zero-order valence-corrected chi connectivity index (χ0v) is 9.62. The molecule has 0 aromatic carbocycles. The second kappa shape index (κ2) is 4.11. The standard InChI is InChI=1S/C10H12N2S2/c1-2-9-5-11-10(13)12(9)6-8-3-4-14-7-8/h3-5,7H,2,6H2,1H3,(H,11,13). The van der Waals surface area contributed by atoms with Crippen LogP contribution in [0.2, 0.25) is 0 Å². The molecular formula is C10H12N2S2. The quantitative estimate of drug-likeness (QED) is 0.794. The Bertz CT molecular complexity index is 451. The number of hydrogen-bond acceptors (Lipinski definition) is 2. The molecule has 2 aromatic heterocycles. The molecule has 0 aliphatic carbocycles. The van der Waals surface area contributed by atoms with Gasteiger partial charge >= 0.3 is 0 Å². The minimum absolute atomic E-state index is 0.813. The minimum Gasteiger partial charge on any atom is -0.337 e. The Kier molecular flexibility index (Phi) is 2.84. The molecular weight excluding hydrogens is 212 g/mol. The van der Waals surface area contributed by atoms with E-state index in [1.54, 1.807) is 11.3 Å². The van der Waals surface area contributed by atoms with E-state index in [1.807, 2.05) is 6.20 Å². The highest BCUT2D eigenvalue weighted by molar-refractivity contribution is 7.71. The molecule has 74 valence electrons. The second-order valence-corrected chi connectivity index (χ2v) is 4.32. The van der Waals surface area contributed by atoms with E-state index in [2.05, 4.69) is 33.3 Å². The van der Waals surface area contributed by atoms with Crippen molar-refractivity contribution in [2.75, 3.05) is 0 Å². The lowest BCUT2D eigenvalue weighted by Gasteiger charge is -2.04. The molecule has 2 heterocycles. The monoisotopic (exact) mass is 224 g/mol. The molecule has 0 aliphatic rings. The number of H-pyrrole nitrogens is 1. The predicted molar refractivity (Wildman–Crippen MR) is 62.4 cm³/mol. The Balaban J connectivity index is 2.32. The Morgan fingerprint density at radius 3 is 3.07 bits per heavy atom. The SMILES string of the molecule is CCc1c[nH]c(=S)n1Cc1ccsc1. The van der Waals surface area contributed by atoms with Gasteiger partial charge in [-0.3, -0.25) is 0 Å². The smallest absolute Gasteiger partial charge is 0.177 e. The molecule has 2 rings (SSSR count). The van der Waals surface area contributed by atoms with Gasteiger partial charge in [0, 0.05) is 11.9 Å². The molecule has 0 radical (unpaired) electrons. The number of aryl methyl sites for hydroxylation is 1. The van der Waals surface area contributed by atoms with E-state index < -0.39 is 0 Å². The molecule has 14 heavy (non-hydrogen) atoms. The summed E-state index contributed by atoms with van der Waals surface area (Å²) >= 11 is 6.95. The molecule has 1 N–H and O–H groups in total. The van der Waals surface area contributed by atoms with E-state index in [0.29, 0.717) is 0 Å². The van der Waals surface area contributed by atoms with Crippen LogP contribution >= 0.6 is 23.6 Å². The van der Waals surface area contributed by atoms with Gasteiger partial charge < -0.3 is 9.55 Å². The third kappa shape index (κ3) is 1.81. The average molecular weight is 224 g/mol. The van der Waals surface area contributed by atoms with Crippen LogP contribution in [0, 0.1) is 4.77 Å². The molecule has 0 aliphatic heterocycles. The van der Waals surface area contributed by atoms with Crippen molar-refractivity contribution < 1.29 is 0 Å². The minimum atomic E-state index is 0.813. The van der Waals surface area contributed by atoms with E-state index in [9.17, 15) is 0 Å². The summed E-state index contributed by atoms with van der Waals surface area (Å²) in [6.45, 7) is 3.02. The highest BCUT2D eigenvalue weighted by Gasteiger charge is 2.02. The van der Waals surface area contributed by atoms with Gasteiger partial charge in [0.25, 0.3) is 0 Å². The first-order valence-corrected chi connectivity index (χ1v) is 5.94. The second-order valence-electron chi connectivity index (χ2n) is 3.16. The van der Waals surface area contributed by atoms with Crippen LogP contribution in [-0.4, -0.2) is 9.55 Å². The number of nitrogens with one attached hydrogen (secondary N) is 1. The molecule has 0 amide bonds. The maximum Gasteiger partial charge on any atom is 0.177 e. The van der Waals surface area contributed by atoms with E-state index in [0.717, 1.165) is 17.7 Å². The van der Waals surface area contributed by atoms with Crippen LogP contribution in [0.1, 0.15) is 18.2 Å². The topological polar surface area (TPSA) is 20.7 Å². The number of nitrogens with zero attached hydrogens (tertiary/aromatic N) is 1. The highest BCUT2D eigenvalue weighted by Crippen LogP contribution is 2.11. The highest BCUT2D eigenvalue weighted by atomic mass is 32.1. The van der Waals surface area contributed by atoms with Crippen molar-refractivity contribution in [3.63, 3.8) is 0 Å². The first kappa shape index (κ1) is 9.68. The Morgan fingerprint density at radius 2 is 2.43 bits per heavy atom. The van der Waals surface area contributed by atoms with Crippen molar-refractivity contribution in [1.82, 2.24) is 9.55 Å². The van der Waals surface area contributed by atoms with Gasteiger partial charge in [0.05, 0.1) is 6.54 Å². The molecule has 2 nitrogen and oxygen atoms in total. The van der Waals surface area contributed by atoms with Gasteiger partial charge in [-0.25, -0.2) is 0 Å². The van der Waals surface area contributed by atoms with Crippen LogP contribution < -0.4 is 0 Å². The van der Waals surface area contributed by atoms with Crippen molar-refractivity contribution >= 4 is 23.6 Å². The van der Waals surface area contributed by atoms with E-state index in [1.165, 1.54) is 11.3 Å². The number of imidazole rings is 1. The van der Waals surface area contributed by atoms with Gasteiger partial charge in [0.2, 0.25) is 0 Å². The molecule has 0 fully saturated rings. The van der Waals surface area contributed by atoms with Crippen LogP contribution in [0.25, 0.3) is 0 Å². The molecule has 0 saturated carbocycles. The zero-order chi connectivity index (χ0) is 9.97. The van der Waals surface area contributed by atoms with Crippen LogP contribution in [0.5, 0.6) is 0 Å². The number of rotatable bonds is 3. The van der Waals surface area contributed by atoms with Gasteiger partial charge in [-0.2, -0.15) is 11.3 Å². The summed E-state index contributed by atoms with van der Waals surface area (Å²) in [4.78, 5) is 3.08. The summed E-state index contributed by atoms with van der Waals surface area (Å²) in [5.74, 6) is 0. The molecule has 2 aromatic rings. The van der Waals surface area contributed by atoms with Crippen molar-refractivity contribution in [3.05, 3.63) is 39.1 Å². The fourth-order valence-corrected chi connectivity index (χ4v) is 2.36. The maximum absolute atomic E-state index is 5.22. The molecule has 0 atom stereocenters. The summed E-state index contributed by atoms with van der Waals surface area (Å²) in [6.07, 6.45) is 3.01. The maximum atomic E-state index is 5.22. The first-order valence-electron chi connectivity index (χ1n) is 4.59. The summed E-state index contributed by atoms with van der Waals surface area (Å²) in [6, 6.07) is 2.14. The zero-order valence-electron chi connectivity index (χ0n) is 7.99. The third-order valence-electron chi connectivity index (χ3n) is 2.24. The predicted octanol–water partition coefficient (Wildman–Crippen LogP) is 3.22. The lowest BCUT2D eigenvalue weighted by Crippen LogP contribution is -2.02. The molecule has 0 spiro atoms. The van der Waals surface area contributed by atoms with Crippen LogP contribution in [0.4, 0.5) is 0 Å². The van der Waals surface area contributed by atoms with Crippen LogP contribution in [-0.2, 0) is 13.0 Å². The Hall–Kier alpha value is -0.870. The van der Waals surface area contributed by atoms with Crippen molar-refractivity contribution in [3.8, 4) is 0 Å². The number of aromatic nitrogens is 2. The third-order valence-corrected chi connectivity index (χ3v) is 3.31. The van der Waals surface area contributed by atoms with Crippen molar-refractivity contribution in [1.29, 1.82) is 0 Å². The van der Waals surface area contributed by atoms with Crippen molar-refractivity contribution in [2.24, 2.45) is 0 Å². The molecule has 0 unspecified atom stereocenters. The largest absolute Gasteiger partial charge is 0.337 e. The summed E-state index contributed by atoms with van der Waals surface area (Å²) in [7, 11) is 0. The average Bonchev–Trinajstić information content (AvgIpc) is 2.79. The fraction of sp³-hybridized carbons (Fsp3) is 0.300. The van der Waals surface area contributed by atoms with Crippen LogP contribution in [0.15, 0.2) is 23.0 Å². The molecule has 0 saturated heterocycles. The number of hydrogen-bond donors (Lipinski definition) is 1. The van der Waals surface area contributed by atoms with E-state index in [4.69, 9.17) is 12.2 Å². The fourth-order valence-electron chi connectivity index (χ4n) is 1.46. The van der Waals surface area contributed by atoms with Gasteiger partial charge in [-0.15, -0.1) is 0 Å². The van der Waals surface area contributed by atoms with Crippen molar-refractivity contribution in [2.45, 2.75) is 19.9 Å². The van der Waals surface area contributed by atoms with Gasteiger partial charge in [0.1, 0.15) is 0 Å². The van der Waals surface area contributed by atoms with E-state index in [-0.39, 0.29) is 0 Å². The summed E-state index contributed by atoms with van der Waals surface area (Å²) in [5.41, 5.74) is 2.58. The summed E-state index contributed by atoms with van der Waals surface area (Å²) in [5, 5.41) is 4.26. The van der Waals surface area contributed by atoms with E-state index >= 15 is 0 Å². The number of aromatic amines is 1. The van der Waals surface area contributed by atoms with Gasteiger partial charge in [-0.05, 0) is 41.0 Å². The Morgan fingerprint density at radius 1 is 1.57 bits per heavy atom. The van der Waals surface area contributed by atoms with Gasteiger partial charge in [-0.1, -0.05) is 6.92 Å². The normalized spacial score (nSPS) is 10.6. The molecule has 0 bridgehead atoms. The van der Waals surface area contributed by atoms with Gasteiger partial charge in [0.15, 0.2) is 4.77 Å². The lowest BCUT2D eigenvalue weighted by molar-refractivity contribution is 0.738. The van der Waals surface area contributed by atoms with Crippen LogP contribution in [0.3, 0.4) is 0 Å².